The van der Waals surface area contributed by atoms with Gasteiger partial charge in [0.25, 0.3) is 6.54 Å². The van der Waals surface area contributed by atoms with Gasteiger partial charge < -0.3 is 10.2 Å². The third-order valence-corrected chi connectivity index (χ3v) is 2.98. The van der Waals surface area contributed by atoms with E-state index in [4.69, 9.17) is 0 Å². The number of likely N-dealkylation sites (N-methyl/N-ethyl adjacent to an activating group) is 1. The number of thioether (sulfide) groups is 1. The molecule has 0 fully saturated rings. The Kier molecular flexibility index (Phi) is 4.41. The Hall–Kier alpha value is -1.24. The molecule has 0 bridgehead atoms. The van der Waals surface area contributed by atoms with E-state index in [0.717, 1.165) is 11.6 Å². The summed E-state index contributed by atoms with van der Waals surface area (Å²) in [5, 5.41) is 15.3. The molecule has 6 nitrogen and oxygen atoms in total. The summed E-state index contributed by atoms with van der Waals surface area (Å²) in [7, 11) is 3.54. The molecule has 7 heteroatoms. The van der Waals surface area contributed by atoms with Crippen LogP contribution in [0, 0.1) is 10.1 Å². The van der Waals surface area contributed by atoms with Crippen LogP contribution in [0.2, 0.25) is 0 Å². The highest BCUT2D eigenvalue weighted by Crippen LogP contribution is 2.19. The van der Waals surface area contributed by atoms with Crippen LogP contribution in [0.25, 0.3) is 0 Å². The summed E-state index contributed by atoms with van der Waals surface area (Å²) >= 11 is 1.71. The standard InChI is InChI=1S/C8H14N4O2S/c1-9-8(4-12(13)14)10-3-7-5-15-6-11(7)2/h5H,3-4,6H2,1-2H3,(H,9,10). The third kappa shape index (κ3) is 3.78. The second kappa shape index (κ2) is 5.59. The van der Waals surface area contributed by atoms with Crippen molar-refractivity contribution >= 4 is 17.6 Å². The molecule has 1 aliphatic heterocycles. The highest BCUT2D eigenvalue weighted by molar-refractivity contribution is 8.02. The summed E-state index contributed by atoms with van der Waals surface area (Å²) in [6.07, 6.45) is 0. The molecule has 0 aromatic rings. The predicted octanol–water partition coefficient (Wildman–Crippen LogP) is 0.359. The lowest BCUT2D eigenvalue weighted by Gasteiger charge is -2.15. The number of nitrogens with one attached hydrogen (secondary N) is 1. The van der Waals surface area contributed by atoms with Gasteiger partial charge in [-0.1, -0.05) is 0 Å². The average molecular weight is 230 g/mol. The summed E-state index contributed by atoms with van der Waals surface area (Å²) in [5.74, 6) is 1.34. The zero-order valence-corrected chi connectivity index (χ0v) is 9.58. The van der Waals surface area contributed by atoms with Crippen LogP contribution in [0.1, 0.15) is 0 Å². The zero-order valence-electron chi connectivity index (χ0n) is 8.77. The molecule has 1 N–H and O–H groups in total. The number of hydrogen-bond acceptors (Lipinski definition) is 5. The highest BCUT2D eigenvalue weighted by Gasteiger charge is 2.12. The van der Waals surface area contributed by atoms with Crippen LogP contribution in [0.5, 0.6) is 0 Å². The fourth-order valence-corrected chi connectivity index (χ4v) is 2.03. The lowest BCUT2D eigenvalue weighted by Crippen LogP contribution is -2.34. The number of nitrogens with zero attached hydrogens (tertiary/aromatic N) is 3. The molecular weight excluding hydrogens is 216 g/mol. The van der Waals surface area contributed by atoms with E-state index in [9.17, 15) is 10.1 Å². The van der Waals surface area contributed by atoms with Gasteiger partial charge in [0.1, 0.15) is 0 Å². The minimum Gasteiger partial charge on any atom is -0.366 e. The minimum atomic E-state index is -0.392. The van der Waals surface area contributed by atoms with Gasteiger partial charge in [-0.05, 0) is 5.41 Å². The van der Waals surface area contributed by atoms with Crippen LogP contribution < -0.4 is 5.32 Å². The predicted molar refractivity (Wildman–Crippen MR) is 61.5 cm³/mol. The summed E-state index contributed by atoms with van der Waals surface area (Å²) in [5.41, 5.74) is 1.13. The Labute approximate surface area is 92.6 Å². The molecule has 0 aliphatic carbocycles. The molecule has 1 heterocycles. The normalized spacial score (nSPS) is 16.5. The fourth-order valence-electron chi connectivity index (χ4n) is 1.12. The smallest absolute Gasteiger partial charge is 0.259 e. The molecule has 0 aromatic heterocycles. The molecule has 0 amide bonds. The van der Waals surface area contributed by atoms with Crippen LogP contribution in [-0.2, 0) is 0 Å². The first-order valence-electron chi connectivity index (χ1n) is 4.46. The van der Waals surface area contributed by atoms with E-state index >= 15 is 0 Å². The molecular formula is C8H14N4O2S. The van der Waals surface area contributed by atoms with E-state index in [2.05, 4.69) is 15.2 Å². The average Bonchev–Trinajstić information content (AvgIpc) is 2.58. The van der Waals surface area contributed by atoms with Gasteiger partial charge in [-0.25, -0.2) is 0 Å². The first-order valence-corrected chi connectivity index (χ1v) is 5.51. The van der Waals surface area contributed by atoms with Gasteiger partial charge in [-0.2, -0.15) is 0 Å². The highest BCUT2D eigenvalue weighted by atomic mass is 32.2. The van der Waals surface area contributed by atoms with E-state index in [0.29, 0.717) is 12.4 Å². The quantitative estimate of drug-likeness (QED) is 0.327. The maximum atomic E-state index is 10.3. The van der Waals surface area contributed by atoms with Gasteiger partial charge in [0, 0.05) is 24.7 Å². The minimum absolute atomic E-state index is 0.249. The van der Waals surface area contributed by atoms with Crippen LogP contribution in [0.3, 0.4) is 0 Å². The molecule has 1 rings (SSSR count). The van der Waals surface area contributed by atoms with E-state index in [-0.39, 0.29) is 6.54 Å². The van der Waals surface area contributed by atoms with Crippen molar-refractivity contribution in [2.75, 3.05) is 33.1 Å². The van der Waals surface area contributed by atoms with Crippen LogP contribution in [0.4, 0.5) is 0 Å². The summed E-state index contributed by atoms with van der Waals surface area (Å²) in [6, 6.07) is 0. The number of amidine groups is 1. The molecule has 0 spiro atoms. The number of hydrogen-bond donors (Lipinski definition) is 1. The maximum absolute atomic E-state index is 10.3. The molecule has 0 saturated carbocycles. The van der Waals surface area contributed by atoms with Gasteiger partial charge in [0.05, 0.1) is 12.4 Å². The van der Waals surface area contributed by atoms with E-state index < -0.39 is 4.92 Å². The Balaban J connectivity index is 2.38. The third-order valence-electron chi connectivity index (χ3n) is 2.00. The summed E-state index contributed by atoms with van der Waals surface area (Å²) in [6.45, 7) is 0.338. The Morgan fingerprint density at radius 1 is 1.87 bits per heavy atom. The first kappa shape index (κ1) is 11.8. The molecule has 0 aromatic carbocycles. The lowest BCUT2D eigenvalue weighted by atomic mass is 10.4. The lowest BCUT2D eigenvalue weighted by molar-refractivity contribution is -0.463. The maximum Gasteiger partial charge on any atom is 0.259 e. The zero-order chi connectivity index (χ0) is 11.3. The van der Waals surface area contributed by atoms with Crippen molar-refractivity contribution in [1.29, 1.82) is 0 Å². The Bertz CT molecular complexity index is 303. The molecule has 0 atom stereocenters. The Morgan fingerprint density at radius 2 is 2.60 bits per heavy atom. The van der Waals surface area contributed by atoms with Crippen LogP contribution >= 0.6 is 11.8 Å². The van der Waals surface area contributed by atoms with E-state index in [1.807, 2.05) is 12.5 Å². The number of rotatable bonds is 4. The topological polar surface area (TPSA) is 70.8 Å². The van der Waals surface area contributed by atoms with Gasteiger partial charge in [-0.15, -0.1) is 11.8 Å². The molecule has 15 heavy (non-hydrogen) atoms. The van der Waals surface area contributed by atoms with E-state index in [1.54, 1.807) is 18.8 Å². The Morgan fingerprint density at radius 3 is 3.07 bits per heavy atom. The fraction of sp³-hybridized carbons (Fsp3) is 0.625. The monoisotopic (exact) mass is 230 g/mol. The van der Waals surface area contributed by atoms with E-state index in [1.165, 1.54) is 0 Å². The number of nitro groups is 1. The van der Waals surface area contributed by atoms with Crippen molar-refractivity contribution in [3.05, 3.63) is 21.2 Å². The second-order valence-corrected chi connectivity index (χ2v) is 3.94. The van der Waals surface area contributed by atoms with Crippen molar-refractivity contribution in [3.8, 4) is 0 Å². The molecule has 0 radical (unpaired) electrons. The molecule has 1 aliphatic rings. The van der Waals surface area contributed by atoms with Crippen molar-refractivity contribution in [3.63, 3.8) is 0 Å². The van der Waals surface area contributed by atoms with Crippen LogP contribution in [-0.4, -0.2) is 48.7 Å². The largest absolute Gasteiger partial charge is 0.366 e. The summed E-state index contributed by atoms with van der Waals surface area (Å²) < 4.78 is 0. The van der Waals surface area contributed by atoms with Crippen molar-refractivity contribution in [2.24, 2.45) is 4.99 Å². The van der Waals surface area contributed by atoms with Gasteiger partial charge in [0.15, 0.2) is 5.84 Å². The van der Waals surface area contributed by atoms with Gasteiger partial charge >= 0.3 is 0 Å². The molecule has 84 valence electrons. The SMILES string of the molecule is CN=C(C[N+](=O)[O-])NCC1=CSCN1C. The van der Waals surface area contributed by atoms with Gasteiger partial charge in [-0.3, -0.25) is 15.1 Å². The van der Waals surface area contributed by atoms with Crippen molar-refractivity contribution in [2.45, 2.75) is 0 Å². The summed E-state index contributed by atoms with van der Waals surface area (Å²) in [4.78, 5) is 15.8. The number of aliphatic imine (C=N–C) groups is 1. The first-order chi connectivity index (χ1) is 7.13. The van der Waals surface area contributed by atoms with Crippen molar-refractivity contribution in [1.82, 2.24) is 10.2 Å². The molecule has 0 unspecified atom stereocenters. The molecule has 0 saturated heterocycles. The van der Waals surface area contributed by atoms with Crippen molar-refractivity contribution < 1.29 is 4.92 Å². The second-order valence-electron chi connectivity index (χ2n) is 3.12. The van der Waals surface area contributed by atoms with Gasteiger partial charge in [0.2, 0.25) is 0 Å². The van der Waals surface area contributed by atoms with Crippen LogP contribution in [0.15, 0.2) is 16.1 Å².